The Labute approximate surface area is 150 Å². The third kappa shape index (κ3) is 4.20. The smallest absolute Gasteiger partial charge is 0.237 e. The molecule has 0 radical (unpaired) electrons. The van der Waals surface area contributed by atoms with Crippen molar-refractivity contribution >= 4 is 5.91 Å². The fourth-order valence-corrected chi connectivity index (χ4v) is 4.34. The lowest BCUT2D eigenvalue weighted by molar-refractivity contribution is -0.125. The van der Waals surface area contributed by atoms with Crippen molar-refractivity contribution in [3.8, 4) is 0 Å². The zero-order valence-electron chi connectivity index (χ0n) is 15.9. The number of aromatic nitrogens is 3. The van der Waals surface area contributed by atoms with E-state index in [0.29, 0.717) is 12.0 Å². The molecular formula is C18H32N6O. The molecule has 1 spiro atoms. The number of carbonyl (C=O) groups excluding carboxylic acids is 1. The van der Waals surface area contributed by atoms with Crippen LogP contribution >= 0.6 is 0 Å². The van der Waals surface area contributed by atoms with Gasteiger partial charge in [-0.05, 0) is 57.8 Å². The molecule has 1 N–H and O–H groups in total. The molecule has 2 aliphatic heterocycles. The molecule has 2 aliphatic rings. The van der Waals surface area contributed by atoms with Gasteiger partial charge in [0.2, 0.25) is 5.91 Å². The van der Waals surface area contributed by atoms with Gasteiger partial charge in [0.05, 0.1) is 6.04 Å². The first-order valence-electron chi connectivity index (χ1n) is 9.56. The molecule has 1 amide bonds. The molecule has 1 atom stereocenters. The van der Waals surface area contributed by atoms with E-state index in [1.807, 2.05) is 7.05 Å². The minimum absolute atomic E-state index is 0.0304. The molecule has 0 aliphatic carbocycles. The first kappa shape index (κ1) is 18.3. The average Bonchev–Trinajstić information content (AvgIpc) is 3.16. The Hall–Kier alpha value is -1.47. The Morgan fingerprint density at radius 2 is 2.12 bits per heavy atom. The number of amides is 1. The van der Waals surface area contributed by atoms with Crippen LogP contribution in [0.1, 0.15) is 38.4 Å². The minimum Gasteiger partial charge on any atom is -0.354 e. The summed E-state index contributed by atoms with van der Waals surface area (Å²) in [6, 6.07) is 0.0304. The van der Waals surface area contributed by atoms with Crippen LogP contribution in [0.25, 0.3) is 0 Å². The second kappa shape index (κ2) is 7.83. The Morgan fingerprint density at radius 1 is 1.36 bits per heavy atom. The summed E-state index contributed by atoms with van der Waals surface area (Å²) in [6.45, 7) is 7.22. The van der Waals surface area contributed by atoms with Crippen LogP contribution in [0.15, 0.2) is 6.33 Å². The SMILES string of the molecule is CCCN1CC2(CCN(C)CC2)C[C@H]1C(=O)NCCc1ncnn1C. The molecule has 7 nitrogen and oxygen atoms in total. The second-order valence-electron chi connectivity index (χ2n) is 7.83. The van der Waals surface area contributed by atoms with Crippen molar-refractivity contribution in [1.29, 1.82) is 0 Å². The molecule has 0 unspecified atom stereocenters. The molecule has 0 bridgehead atoms. The monoisotopic (exact) mass is 348 g/mol. The molecule has 1 aromatic heterocycles. The zero-order chi connectivity index (χ0) is 17.9. The maximum absolute atomic E-state index is 12.8. The summed E-state index contributed by atoms with van der Waals surface area (Å²) in [5.41, 5.74) is 0.341. The van der Waals surface area contributed by atoms with Crippen LogP contribution in [0.3, 0.4) is 0 Å². The van der Waals surface area contributed by atoms with Gasteiger partial charge in [-0.1, -0.05) is 6.92 Å². The van der Waals surface area contributed by atoms with Gasteiger partial charge in [0.15, 0.2) is 0 Å². The first-order chi connectivity index (χ1) is 12.0. The molecule has 2 fully saturated rings. The highest BCUT2D eigenvalue weighted by Crippen LogP contribution is 2.43. The minimum atomic E-state index is 0.0304. The van der Waals surface area contributed by atoms with Crippen LogP contribution < -0.4 is 5.32 Å². The standard InChI is InChI=1S/C18H32N6O/c1-4-9-24-13-18(6-10-22(2)11-7-18)12-15(24)17(25)19-8-5-16-20-14-21-23(16)3/h14-15H,4-13H2,1-3H3,(H,19,25)/t15-/m0/s1. The van der Waals surface area contributed by atoms with Crippen molar-refractivity contribution in [3.63, 3.8) is 0 Å². The predicted octanol–water partition coefficient (Wildman–Crippen LogP) is 0.670. The summed E-state index contributed by atoms with van der Waals surface area (Å²) in [4.78, 5) is 21.9. The van der Waals surface area contributed by atoms with Gasteiger partial charge in [-0.15, -0.1) is 0 Å². The lowest BCUT2D eigenvalue weighted by atomic mass is 9.76. The number of hydrogen-bond acceptors (Lipinski definition) is 5. The van der Waals surface area contributed by atoms with Gasteiger partial charge in [-0.25, -0.2) is 4.98 Å². The lowest BCUT2D eigenvalue weighted by Crippen LogP contribution is -2.44. The predicted molar refractivity (Wildman–Crippen MR) is 97.1 cm³/mol. The fourth-order valence-electron chi connectivity index (χ4n) is 4.34. The van der Waals surface area contributed by atoms with Crippen molar-refractivity contribution in [2.24, 2.45) is 12.5 Å². The summed E-state index contributed by atoms with van der Waals surface area (Å²) in [7, 11) is 4.08. The molecular weight excluding hydrogens is 316 g/mol. The number of nitrogens with one attached hydrogen (secondary N) is 1. The van der Waals surface area contributed by atoms with E-state index in [1.165, 1.54) is 12.8 Å². The van der Waals surface area contributed by atoms with Crippen LogP contribution in [0.4, 0.5) is 0 Å². The van der Waals surface area contributed by atoms with Crippen molar-refractivity contribution in [1.82, 2.24) is 29.9 Å². The second-order valence-corrected chi connectivity index (χ2v) is 7.83. The molecule has 3 heterocycles. The number of rotatable bonds is 6. The molecule has 3 rings (SSSR count). The third-order valence-electron chi connectivity index (χ3n) is 5.92. The molecule has 140 valence electrons. The van der Waals surface area contributed by atoms with Gasteiger partial charge < -0.3 is 10.2 Å². The molecule has 0 saturated carbocycles. The van der Waals surface area contributed by atoms with Crippen LogP contribution in [-0.4, -0.2) is 76.3 Å². The van der Waals surface area contributed by atoms with E-state index in [1.54, 1.807) is 11.0 Å². The number of nitrogens with zero attached hydrogens (tertiary/aromatic N) is 5. The van der Waals surface area contributed by atoms with Crippen molar-refractivity contribution in [3.05, 3.63) is 12.2 Å². The average molecular weight is 348 g/mol. The maximum Gasteiger partial charge on any atom is 0.237 e. The zero-order valence-corrected chi connectivity index (χ0v) is 15.9. The van der Waals surface area contributed by atoms with Gasteiger partial charge in [0, 0.05) is 26.6 Å². The summed E-state index contributed by atoms with van der Waals surface area (Å²) in [5, 5.41) is 7.21. The molecule has 2 saturated heterocycles. The molecule has 25 heavy (non-hydrogen) atoms. The number of hydrogen-bond donors (Lipinski definition) is 1. The highest BCUT2D eigenvalue weighted by atomic mass is 16.2. The van der Waals surface area contributed by atoms with E-state index in [-0.39, 0.29) is 11.9 Å². The summed E-state index contributed by atoms with van der Waals surface area (Å²) in [6.07, 6.45) is 6.81. The summed E-state index contributed by atoms with van der Waals surface area (Å²) in [5.74, 6) is 1.09. The molecule has 7 heteroatoms. The van der Waals surface area contributed by atoms with Crippen LogP contribution in [-0.2, 0) is 18.3 Å². The number of carbonyl (C=O) groups is 1. The van der Waals surface area contributed by atoms with Crippen molar-refractivity contribution < 1.29 is 4.79 Å². The van der Waals surface area contributed by atoms with Crippen molar-refractivity contribution in [2.45, 2.75) is 45.1 Å². The fraction of sp³-hybridized carbons (Fsp3) is 0.833. The number of likely N-dealkylation sites (tertiary alicyclic amines) is 2. The van der Waals surface area contributed by atoms with E-state index in [4.69, 9.17) is 0 Å². The van der Waals surface area contributed by atoms with Gasteiger partial charge in [-0.2, -0.15) is 5.10 Å². The highest BCUT2D eigenvalue weighted by molar-refractivity contribution is 5.82. The van der Waals surface area contributed by atoms with Crippen molar-refractivity contribution in [2.75, 3.05) is 39.8 Å². The first-order valence-corrected chi connectivity index (χ1v) is 9.56. The number of piperidine rings is 1. The van der Waals surface area contributed by atoms with Gasteiger partial charge in [0.1, 0.15) is 12.2 Å². The van der Waals surface area contributed by atoms with Crippen LogP contribution in [0.5, 0.6) is 0 Å². The van der Waals surface area contributed by atoms with E-state index < -0.39 is 0 Å². The van der Waals surface area contributed by atoms with E-state index in [9.17, 15) is 4.79 Å². The quantitative estimate of drug-likeness (QED) is 0.818. The van der Waals surface area contributed by atoms with Gasteiger partial charge in [0.25, 0.3) is 0 Å². The van der Waals surface area contributed by atoms with Gasteiger partial charge >= 0.3 is 0 Å². The summed E-state index contributed by atoms with van der Waals surface area (Å²) < 4.78 is 1.76. The Bertz CT molecular complexity index is 578. The van der Waals surface area contributed by atoms with E-state index >= 15 is 0 Å². The Morgan fingerprint density at radius 3 is 2.76 bits per heavy atom. The van der Waals surface area contributed by atoms with E-state index in [0.717, 1.165) is 51.3 Å². The highest BCUT2D eigenvalue weighted by Gasteiger charge is 2.47. The lowest BCUT2D eigenvalue weighted by Gasteiger charge is -2.37. The van der Waals surface area contributed by atoms with Crippen LogP contribution in [0, 0.1) is 5.41 Å². The Kier molecular flexibility index (Phi) is 5.74. The van der Waals surface area contributed by atoms with Gasteiger partial charge in [-0.3, -0.25) is 14.4 Å². The van der Waals surface area contributed by atoms with E-state index in [2.05, 4.69) is 39.2 Å². The maximum atomic E-state index is 12.8. The third-order valence-corrected chi connectivity index (χ3v) is 5.92. The largest absolute Gasteiger partial charge is 0.354 e. The molecule has 1 aromatic rings. The normalized spacial score (nSPS) is 24.0. The molecule has 0 aromatic carbocycles. The number of aryl methyl sites for hydroxylation is 1. The van der Waals surface area contributed by atoms with Crippen LogP contribution in [0.2, 0.25) is 0 Å². The topological polar surface area (TPSA) is 66.3 Å². The Balaban J connectivity index is 1.56. The summed E-state index contributed by atoms with van der Waals surface area (Å²) >= 11 is 0.